The molecule has 0 spiro atoms. The molecular formula is C20H16FN5O2S2. The number of rotatable bonds is 6. The second kappa shape index (κ2) is 8.72. The Morgan fingerprint density at radius 2 is 1.97 bits per heavy atom. The van der Waals surface area contributed by atoms with Crippen LogP contribution in [0.15, 0.2) is 52.0 Å². The van der Waals surface area contributed by atoms with Gasteiger partial charge in [0.1, 0.15) is 27.3 Å². The van der Waals surface area contributed by atoms with Gasteiger partial charge in [0.2, 0.25) is 5.91 Å². The predicted octanol–water partition coefficient (Wildman–Crippen LogP) is 4.74. The minimum absolute atomic E-state index is 0.175. The highest BCUT2D eigenvalue weighted by Crippen LogP contribution is 2.34. The zero-order valence-corrected chi connectivity index (χ0v) is 17.7. The van der Waals surface area contributed by atoms with Crippen LogP contribution in [0.1, 0.15) is 11.5 Å². The predicted molar refractivity (Wildman–Crippen MR) is 114 cm³/mol. The van der Waals surface area contributed by atoms with E-state index >= 15 is 0 Å². The summed E-state index contributed by atoms with van der Waals surface area (Å²) in [5, 5.41) is 16.3. The Bertz CT molecular complexity index is 1170. The van der Waals surface area contributed by atoms with Gasteiger partial charge < -0.3 is 9.84 Å². The molecule has 4 aromatic rings. The van der Waals surface area contributed by atoms with Crippen LogP contribution in [0.4, 0.5) is 10.2 Å². The smallest absolute Gasteiger partial charge is 0.236 e. The van der Waals surface area contributed by atoms with Gasteiger partial charge in [0.15, 0.2) is 5.82 Å². The van der Waals surface area contributed by atoms with Crippen molar-refractivity contribution in [1.29, 1.82) is 0 Å². The molecule has 1 aromatic carbocycles. The van der Waals surface area contributed by atoms with E-state index in [-0.39, 0.29) is 17.5 Å². The molecule has 0 atom stereocenters. The van der Waals surface area contributed by atoms with Gasteiger partial charge in [-0.25, -0.2) is 9.37 Å². The molecule has 0 saturated carbocycles. The maximum Gasteiger partial charge on any atom is 0.236 e. The molecule has 0 aliphatic rings. The Balaban J connectivity index is 1.41. The summed E-state index contributed by atoms with van der Waals surface area (Å²) in [6.45, 7) is 3.65. The number of nitrogens with one attached hydrogen (secondary N) is 1. The lowest BCUT2D eigenvalue weighted by atomic mass is 10.2. The fourth-order valence-electron chi connectivity index (χ4n) is 2.61. The molecule has 3 aromatic heterocycles. The van der Waals surface area contributed by atoms with Crippen LogP contribution in [0.25, 0.3) is 21.1 Å². The number of benzene rings is 1. The first kappa shape index (κ1) is 20.2. The zero-order valence-electron chi connectivity index (χ0n) is 16.0. The number of anilines is 1. The number of hydrogen-bond donors (Lipinski definition) is 1. The average molecular weight is 442 g/mol. The number of aromatic nitrogens is 4. The fourth-order valence-corrected chi connectivity index (χ4v) is 4.26. The molecule has 0 bridgehead atoms. The molecule has 0 unspecified atom stereocenters. The first-order chi connectivity index (χ1) is 14.5. The molecule has 0 fully saturated rings. The van der Waals surface area contributed by atoms with Crippen LogP contribution in [0, 0.1) is 19.7 Å². The van der Waals surface area contributed by atoms with Crippen molar-refractivity contribution in [2.24, 2.45) is 0 Å². The van der Waals surface area contributed by atoms with E-state index in [9.17, 15) is 9.18 Å². The number of halogens is 1. The fraction of sp³-hybridized carbons (Fsp3) is 0.150. The van der Waals surface area contributed by atoms with Crippen LogP contribution in [-0.4, -0.2) is 32.0 Å². The lowest BCUT2D eigenvalue weighted by Crippen LogP contribution is -2.14. The van der Waals surface area contributed by atoms with E-state index in [0.29, 0.717) is 22.3 Å². The summed E-state index contributed by atoms with van der Waals surface area (Å²) in [4.78, 5) is 17.5. The Labute approximate surface area is 179 Å². The summed E-state index contributed by atoms with van der Waals surface area (Å²) in [7, 11) is 0. The summed E-state index contributed by atoms with van der Waals surface area (Å²) in [5.74, 6) is 0.698. The van der Waals surface area contributed by atoms with Crippen LogP contribution in [-0.2, 0) is 4.79 Å². The van der Waals surface area contributed by atoms with Gasteiger partial charge in [-0.2, -0.15) is 0 Å². The van der Waals surface area contributed by atoms with E-state index in [1.807, 2.05) is 19.1 Å². The van der Waals surface area contributed by atoms with Gasteiger partial charge in [0.05, 0.1) is 16.3 Å². The van der Waals surface area contributed by atoms with E-state index in [0.717, 1.165) is 21.1 Å². The van der Waals surface area contributed by atoms with Crippen molar-refractivity contribution in [1.82, 2.24) is 20.3 Å². The Morgan fingerprint density at radius 1 is 1.17 bits per heavy atom. The molecule has 0 radical (unpaired) electrons. The monoisotopic (exact) mass is 441 g/mol. The number of hydrogen-bond acceptors (Lipinski definition) is 8. The highest BCUT2D eigenvalue weighted by Gasteiger charge is 2.14. The van der Waals surface area contributed by atoms with E-state index in [1.54, 1.807) is 25.1 Å². The van der Waals surface area contributed by atoms with E-state index < -0.39 is 0 Å². The molecule has 0 aliphatic carbocycles. The molecular weight excluding hydrogens is 425 g/mol. The molecule has 0 aliphatic heterocycles. The normalized spacial score (nSPS) is 10.9. The molecule has 0 saturated heterocycles. The maximum absolute atomic E-state index is 13.1. The summed E-state index contributed by atoms with van der Waals surface area (Å²) in [5.41, 5.74) is 2.38. The quantitative estimate of drug-likeness (QED) is 0.432. The van der Waals surface area contributed by atoms with Gasteiger partial charge in [0.25, 0.3) is 0 Å². The molecule has 152 valence electrons. The van der Waals surface area contributed by atoms with E-state index in [1.165, 1.54) is 35.2 Å². The first-order valence-electron chi connectivity index (χ1n) is 8.91. The van der Waals surface area contributed by atoms with Crippen LogP contribution in [0.3, 0.4) is 0 Å². The third-order valence-electron chi connectivity index (χ3n) is 4.01. The van der Waals surface area contributed by atoms with E-state index in [2.05, 4.69) is 25.7 Å². The lowest BCUT2D eigenvalue weighted by molar-refractivity contribution is -0.113. The van der Waals surface area contributed by atoms with Crippen LogP contribution in [0.5, 0.6) is 0 Å². The Morgan fingerprint density at radius 3 is 2.63 bits per heavy atom. The van der Waals surface area contributed by atoms with Crippen molar-refractivity contribution in [2.45, 2.75) is 18.9 Å². The average Bonchev–Trinajstić information content (AvgIpc) is 3.32. The van der Waals surface area contributed by atoms with Gasteiger partial charge in [-0.3, -0.25) is 4.79 Å². The summed E-state index contributed by atoms with van der Waals surface area (Å²) < 4.78 is 18.1. The topological polar surface area (TPSA) is 93.8 Å². The highest BCUT2D eigenvalue weighted by atomic mass is 32.2. The first-order valence-corrected chi connectivity index (χ1v) is 10.7. The SMILES string of the molecule is Cc1cc(NC(=O)CSc2ccc(-c3sc(-c4ccc(F)cc4)nc3C)nn2)no1. The minimum atomic E-state index is -0.281. The van der Waals surface area contributed by atoms with Crippen molar-refractivity contribution in [3.63, 3.8) is 0 Å². The third kappa shape index (κ3) is 4.71. The van der Waals surface area contributed by atoms with Crippen molar-refractivity contribution < 1.29 is 13.7 Å². The molecule has 1 N–H and O–H groups in total. The second-order valence-electron chi connectivity index (χ2n) is 6.36. The minimum Gasteiger partial charge on any atom is -0.360 e. The van der Waals surface area contributed by atoms with Crippen LogP contribution in [0.2, 0.25) is 0 Å². The van der Waals surface area contributed by atoms with Crippen molar-refractivity contribution >= 4 is 34.8 Å². The summed E-state index contributed by atoms with van der Waals surface area (Å²) in [6, 6.07) is 11.5. The van der Waals surface area contributed by atoms with Gasteiger partial charge in [0, 0.05) is 11.6 Å². The number of carbonyl (C=O) groups is 1. The largest absolute Gasteiger partial charge is 0.360 e. The zero-order chi connectivity index (χ0) is 21.1. The number of amides is 1. The van der Waals surface area contributed by atoms with Gasteiger partial charge in [-0.05, 0) is 50.2 Å². The van der Waals surface area contributed by atoms with Crippen molar-refractivity contribution in [3.05, 3.63) is 59.7 Å². The molecule has 7 nitrogen and oxygen atoms in total. The van der Waals surface area contributed by atoms with Crippen LogP contribution < -0.4 is 5.32 Å². The van der Waals surface area contributed by atoms with Gasteiger partial charge in [-0.15, -0.1) is 21.5 Å². The molecule has 3 heterocycles. The molecule has 10 heteroatoms. The standard InChI is InChI=1S/C20H16FN5O2S2/c1-11-9-16(26-28-11)23-17(27)10-29-18-8-7-15(24-25-18)19-12(2)22-20(30-19)13-3-5-14(21)6-4-13/h3-9H,10H2,1-2H3,(H,23,26,27). The number of thioether (sulfide) groups is 1. The molecule has 4 rings (SSSR count). The van der Waals surface area contributed by atoms with Gasteiger partial charge in [-0.1, -0.05) is 16.9 Å². The Kier molecular flexibility index (Phi) is 5.86. The summed E-state index contributed by atoms with van der Waals surface area (Å²) in [6.07, 6.45) is 0. The van der Waals surface area contributed by atoms with Gasteiger partial charge >= 0.3 is 0 Å². The Hall–Kier alpha value is -3.11. The summed E-state index contributed by atoms with van der Waals surface area (Å²) >= 11 is 2.75. The van der Waals surface area contributed by atoms with E-state index in [4.69, 9.17) is 4.52 Å². The lowest BCUT2D eigenvalue weighted by Gasteiger charge is -2.02. The molecule has 1 amide bonds. The number of thiazole rings is 1. The maximum atomic E-state index is 13.1. The highest BCUT2D eigenvalue weighted by molar-refractivity contribution is 7.99. The van der Waals surface area contributed by atoms with Crippen LogP contribution >= 0.6 is 23.1 Å². The van der Waals surface area contributed by atoms with Crippen molar-refractivity contribution in [3.8, 4) is 21.1 Å². The number of nitrogens with zero attached hydrogens (tertiary/aromatic N) is 4. The molecule has 30 heavy (non-hydrogen) atoms. The number of carbonyl (C=O) groups excluding carboxylic acids is 1. The third-order valence-corrected chi connectivity index (χ3v) is 6.16. The van der Waals surface area contributed by atoms with Crippen molar-refractivity contribution in [2.75, 3.05) is 11.1 Å². The second-order valence-corrected chi connectivity index (χ2v) is 8.35. The number of aryl methyl sites for hydroxylation is 2.